The van der Waals surface area contributed by atoms with E-state index >= 15 is 0 Å². The van der Waals surface area contributed by atoms with Gasteiger partial charge in [0.2, 0.25) is 0 Å². The lowest BCUT2D eigenvalue weighted by molar-refractivity contribution is 0.0300. The molecule has 0 aromatic heterocycles. The molecular weight excluding hydrogens is 334 g/mol. The van der Waals surface area contributed by atoms with Gasteiger partial charge in [0.05, 0.1) is 20.3 Å². The fraction of sp³-hybridized carbons (Fsp3) is 0.625. The van der Waals surface area contributed by atoms with Gasteiger partial charge < -0.3 is 20.3 Å². The van der Waals surface area contributed by atoms with E-state index in [1.807, 2.05) is 12.1 Å². The minimum absolute atomic E-state index is 0.248. The van der Waals surface area contributed by atoms with Crippen molar-refractivity contribution in [2.45, 2.75) is 32.3 Å². The van der Waals surface area contributed by atoms with Gasteiger partial charge in [0.1, 0.15) is 0 Å². The number of hydrogen-bond acceptors (Lipinski definition) is 4. The molecule has 1 fully saturated rings. The Kier molecular flexibility index (Phi) is 5.17. The second-order valence-corrected chi connectivity index (χ2v) is 6.90. The van der Waals surface area contributed by atoms with Gasteiger partial charge >= 0.3 is 0 Å². The average molecular weight is 358 g/mol. The molecule has 1 aromatic rings. The first-order valence-corrected chi connectivity index (χ1v) is 8.06. The van der Waals surface area contributed by atoms with Crippen LogP contribution in [-0.4, -0.2) is 25.9 Å². The molecule has 1 aromatic carbocycles. The standard InChI is InChI=1S/C16H24BrNO3/c1-10-4-5-16(8-10,9-18)15(19)11-6-13(20-2)14(21-3)7-12(11)17/h6-7,10,15,19H,4-5,8-9,18H2,1-3H3. The molecule has 3 unspecified atom stereocenters. The van der Waals surface area contributed by atoms with Crippen LogP contribution in [-0.2, 0) is 0 Å². The Bertz CT molecular complexity index is 509. The molecule has 3 atom stereocenters. The summed E-state index contributed by atoms with van der Waals surface area (Å²) in [7, 11) is 3.19. The van der Waals surface area contributed by atoms with Crippen LogP contribution in [0.4, 0.5) is 0 Å². The molecule has 0 radical (unpaired) electrons. The second kappa shape index (κ2) is 6.55. The summed E-state index contributed by atoms with van der Waals surface area (Å²) in [5.74, 6) is 1.86. The van der Waals surface area contributed by atoms with Crippen molar-refractivity contribution in [3.63, 3.8) is 0 Å². The van der Waals surface area contributed by atoms with E-state index in [2.05, 4.69) is 22.9 Å². The van der Waals surface area contributed by atoms with Gasteiger partial charge in [0.25, 0.3) is 0 Å². The van der Waals surface area contributed by atoms with Crippen LogP contribution in [0.25, 0.3) is 0 Å². The van der Waals surface area contributed by atoms with Gasteiger partial charge in [-0.1, -0.05) is 29.3 Å². The van der Waals surface area contributed by atoms with Crippen molar-refractivity contribution < 1.29 is 14.6 Å². The molecule has 1 saturated carbocycles. The number of aliphatic hydroxyl groups excluding tert-OH is 1. The van der Waals surface area contributed by atoms with Gasteiger partial charge in [-0.3, -0.25) is 0 Å². The number of nitrogens with two attached hydrogens (primary N) is 1. The predicted octanol–water partition coefficient (Wildman–Crippen LogP) is 3.26. The molecule has 118 valence electrons. The third-order valence-corrected chi connectivity index (χ3v) is 5.36. The van der Waals surface area contributed by atoms with Crippen LogP contribution in [0, 0.1) is 11.3 Å². The molecule has 0 bridgehead atoms. The zero-order valence-electron chi connectivity index (χ0n) is 12.9. The van der Waals surface area contributed by atoms with Crippen molar-refractivity contribution >= 4 is 15.9 Å². The Morgan fingerprint density at radius 3 is 2.48 bits per heavy atom. The number of halogens is 1. The normalized spacial score (nSPS) is 26.7. The lowest BCUT2D eigenvalue weighted by Gasteiger charge is -2.34. The summed E-state index contributed by atoms with van der Waals surface area (Å²) >= 11 is 3.53. The van der Waals surface area contributed by atoms with E-state index in [-0.39, 0.29) is 5.41 Å². The SMILES string of the molecule is COc1cc(Br)c(C(O)C2(CN)CCC(C)C2)cc1OC. The van der Waals surface area contributed by atoms with E-state index in [4.69, 9.17) is 15.2 Å². The van der Waals surface area contributed by atoms with Crippen LogP contribution in [0.2, 0.25) is 0 Å². The van der Waals surface area contributed by atoms with Crippen LogP contribution in [0.3, 0.4) is 0 Å². The highest BCUT2D eigenvalue weighted by atomic mass is 79.9. The first-order valence-electron chi connectivity index (χ1n) is 7.27. The third-order valence-electron chi connectivity index (χ3n) is 4.67. The first-order chi connectivity index (χ1) is 9.97. The smallest absolute Gasteiger partial charge is 0.161 e. The molecule has 0 saturated heterocycles. The second-order valence-electron chi connectivity index (χ2n) is 6.05. The Hall–Kier alpha value is -0.780. The summed E-state index contributed by atoms with van der Waals surface area (Å²) in [6, 6.07) is 3.67. The van der Waals surface area contributed by atoms with E-state index in [1.54, 1.807) is 14.2 Å². The van der Waals surface area contributed by atoms with Crippen molar-refractivity contribution in [2.75, 3.05) is 20.8 Å². The molecule has 0 aliphatic heterocycles. The highest BCUT2D eigenvalue weighted by Gasteiger charge is 2.43. The van der Waals surface area contributed by atoms with Crippen molar-refractivity contribution in [1.29, 1.82) is 0 Å². The quantitative estimate of drug-likeness (QED) is 0.848. The van der Waals surface area contributed by atoms with Crippen LogP contribution in [0.1, 0.15) is 37.9 Å². The maximum Gasteiger partial charge on any atom is 0.161 e. The van der Waals surface area contributed by atoms with Crippen LogP contribution >= 0.6 is 15.9 Å². The molecule has 21 heavy (non-hydrogen) atoms. The minimum Gasteiger partial charge on any atom is -0.493 e. The van der Waals surface area contributed by atoms with Crippen LogP contribution < -0.4 is 15.2 Å². The van der Waals surface area contributed by atoms with Crippen molar-refractivity contribution in [3.8, 4) is 11.5 Å². The monoisotopic (exact) mass is 357 g/mol. The summed E-state index contributed by atoms with van der Waals surface area (Å²) in [5.41, 5.74) is 6.58. The molecule has 0 heterocycles. The highest BCUT2D eigenvalue weighted by Crippen LogP contribution is 2.51. The van der Waals surface area contributed by atoms with Gasteiger partial charge in [0, 0.05) is 16.4 Å². The summed E-state index contributed by atoms with van der Waals surface area (Å²) in [6.45, 7) is 2.70. The molecule has 1 aliphatic rings. The summed E-state index contributed by atoms with van der Waals surface area (Å²) in [4.78, 5) is 0. The molecule has 5 heteroatoms. The maximum atomic E-state index is 10.9. The Morgan fingerprint density at radius 1 is 1.38 bits per heavy atom. The Morgan fingerprint density at radius 2 is 2.00 bits per heavy atom. The van der Waals surface area contributed by atoms with Crippen molar-refractivity contribution in [1.82, 2.24) is 0 Å². The van der Waals surface area contributed by atoms with Gasteiger partial charge in [-0.2, -0.15) is 0 Å². The number of rotatable bonds is 5. The molecule has 2 rings (SSSR count). The van der Waals surface area contributed by atoms with E-state index in [9.17, 15) is 5.11 Å². The zero-order chi connectivity index (χ0) is 15.6. The molecule has 3 N–H and O–H groups in total. The number of ether oxygens (including phenoxy) is 2. The van der Waals surface area contributed by atoms with E-state index in [0.29, 0.717) is 24.0 Å². The van der Waals surface area contributed by atoms with Gasteiger partial charge in [-0.05, 0) is 36.5 Å². The third kappa shape index (κ3) is 3.05. The lowest BCUT2D eigenvalue weighted by atomic mass is 9.76. The number of hydrogen-bond donors (Lipinski definition) is 2. The highest BCUT2D eigenvalue weighted by molar-refractivity contribution is 9.10. The van der Waals surface area contributed by atoms with Crippen molar-refractivity contribution in [2.24, 2.45) is 17.1 Å². The molecule has 0 spiro atoms. The summed E-state index contributed by atoms with van der Waals surface area (Å²) < 4.78 is 11.4. The summed E-state index contributed by atoms with van der Waals surface area (Å²) in [5, 5.41) is 10.9. The zero-order valence-corrected chi connectivity index (χ0v) is 14.4. The largest absolute Gasteiger partial charge is 0.493 e. The van der Waals surface area contributed by atoms with Gasteiger partial charge in [-0.15, -0.1) is 0 Å². The van der Waals surface area contributed by atoms with Gasteiger partial charge in [0.15, 0.2) is 11.5 Å². The van der Waals surface area contributed by atoms with E-state index < -0.39 is 6.10 Å². The Balaban J connectivity index is 2.40. The summed E-state index contributed by atoms with van der Waals surface area (Å²) in [6.07, 6.45) is 2.40. The molecule has 4 nitrogen and oxygen atoms in total. The average Bonchev–Trinajstić information content (AvgIpc) is 2.88. The first kappa shape index (κ1) is 16.6. The number of aliphatic hydroxyl groups is 1. The number of methoxy groups -OCH3 is 2. The molecule has 1 aliphatic carbocycles. The molecular formula is C16H24BrNO3. The fourth-order valence-electron chi connectivity index (χ4n) is 3.39. The lowest BCUT2D eigenvalue weighted by Crippen LogP contribution is -2.34. The minimum atomic E-state index is -0.610. The van der Waals surface area contributed by atoms with Crippen LogP contribution in [0.15, 0.2) is 16.6 Å². The molecule has 0 amide bonds. The van der Waals surface area contributed by atoms with E-state index in [0.717, 1.165) is 29.3 Å². The van der Waals surface area contributed by atoms with Gasteiger partial charge in [-0.25, -0.2) is 0 Å². The topological polar surface area (TPSA) is 64.7 Å². The van der Waals surface area contributed by atoms with Crippen molar-refractivity contribution in [3.05, 3.63) is 22.2 Å². The maximum absolute atomic E-state index is 10.9. The van der Waals surface area contributed by atoms with Crippen LogP contribution in [0.5, 0.6) is 11.5 Å². The number of benzene rings is 1. The Labute approximate surface area is 134 Å². The van der Waals surface area contributed by atoms with E-state index in [1.165, 1.54) is 0 Å². The predicted molar refractivity (Wildman–Crippen MR) is 86.7 cm³/mol. The fourth-order valence-corrected chi connectivity index (χ4v) is 3.93.